The molecule has 2 nitrogen and oxygen atoms in total. The minimum absolute atomic E-state index is 1.02. The van der Waals surface area contributed by atoms with E-state index >= 15 is 0 Å². The van der Waals surface area contributed by atoms with Gasteiger partial charge in [0.1, 0.15) is 0 Å². The maximum absolute atomic E-state index is 3.63. The molecule has 0 spiro atoms. The number of quaternary nitrogens is 1. The van der Waals surface area contributed by atoms with Gasteiger partial charge in [0.15, 0.2) is 0 Å². The molecule has 1 fully saturated rings. The molecule has 1 N–H and O–H groups in total. The highest BCUT2D eigenvalue weighted by molar-refractivity contribution is 5.33. The Morgan fingerprint density at radius 2 is 1.57 bits per heavy atom. The van der Waals surface area contributed by atoms with Crippen LogP contribution in [0, 0.1) is 13.8 Å². The molecule has 2 rings (SSSR count). The van der Waals surface area contributed by atoms with Crippen molar-refractivity contribution in [2.24, 2.45) is 0 Å². The smallest absolute Gasteiger partial charge is 0.0784 e. The molecular weight excluding hydrogens is 280 g/mol. The molecule has 0 atom stereocenters. The van der Waals surface area contributed by atoms with E-state index in [4.69, 9.17) is 0 Å². The Labute approximate surface area is 143 Å². The van der Waals surface area contributed by atoms with Crippen LogP contribution in [-0.4, -0.2) is 37.7 Å². The summed E-state index contributed by atoms with van der Waals surface area (Å²) in [5, 5.41) is 3.63. The zero-order valence-electron chi connectivity index (χ0n) is 15.7. The van der Waals surface area contributed by atoms with Gasteiger partial charge in [-0.2, -0.15) is 0 Å². The van der Waals surface area contributed by atoms with E-state index in [0.29, 0.717) is 0 Å². The van der Waals surface area contributed by atoms with Gasteiger partial charge in [-0.15, -0.1) is 0 Å². The van der Waals surface area contributed by atoms with Crippen molar-refractivity contribution in [3.05, 3.63) is 34.9 Å². The molecule has 0 radical (unpaired) electrons. The molecule has 1 aliphatic heterocycles. The number of unbranched alkanes of at least 4 members (excludes halogenated alkanes) is 3. The van der Waals surface area contributed by atoms with Gasteiger partial charge >= 0.3 is 0 Å². The number of rotatable bonds is 9. The summed E-state index contributed by atoms with van der Waals surface area (Å²) >= 11 is 0. The van der Waals surface area contributed by atoms with Crippen molar-refractivity contribution >= 4 is 0 Å². The average molecular weight is 318 g/mol. The van der Waals surface area contributed by atoms with Crippen LogP contribution >= 0.6 is 0 Å². The molecule has 0 bridgehead atoms. The van der Waals surface area contributed by atoms with Crippen molar-refractivity contribution in [3.63, 3.8) is 0 Å². The molecular formula is C21H37N2+. The number of benzene rings is 1. The van der Waals surface area contributed by atoms with E-state index in [1.807, 2.05) is 0 Å². The summed E-state index contributed by atoms with van der Waals surface area (Å²) in [4.78, 5) is 0. The normalized spacial score (nSPS) is 17.3. The van der Waals surface area contributed by atoms with Crippen LogP contribution < -0.4 is 5.32 Å². The van der Waals surface area contributed by atoms with Gasteiger partial charge in [0.05, 0.1) is 26.7 Å². The zero-order chi connectivity index (χ0) is 16.5. The molecule has 1 aromatic rings. The first kappa shape index (κ1) is 18.5. The number of likely N-dealkylation sites (tertiary alicyclic amines) is 1. The number of nitrogens with one attached hydrogen (secondary N) is 1. The van der Waals surface area contributed by atoms with Crippen LogP contribution in [0.5, 0.6) is 0 Å². The van der Waals surface area contributed by atoms with Gasteiger partial charge in [-0.3, -0.25) is 0 Å². The minimum atomic E-state index is 1.02. The highest BCUT2D eigenvalue weighted by atomic mass is 15.3. The molecule has 130 valence electrons. The van der Waals surface area contributed by atoms with E-state index in [9.17, 15) is 0 Å². The lowest BCUT2D eigenvalue weighted by Crippen LogP contribution is -2.48. The van der Waals surface area contributed by atoms with Crippen molar-refractivity contribution in [1.29, 1.82) is 0 Å². The monoisotopic (exact) mass is 317 g/mol. The van der Waals surface area contributed by atoms with Crippen molar-refractivity contribution in [1.82, 2.24) is 5.32 Å². The second-order valence-corrected chi connectivity index (χ2v) is 7.81. The first-order valence-electron chi connectivity index (χ1n) is 9.70. The predicted octanol–water partition coefficient (Wildman–Crippen LogP) is 4.58. The van der Waals surface area contributed by atoms with E-state index in [1.165, 1.54) is 85.8 Å². The fraction of sp³-hybridized carbons (Fsp3) is 0.714. The predicted molar refractivity (Wildman–Crippen MR) is 101 cm³/mol. The maximum atomic E-state index is 3.63. The van der Waals surface area contributed by atoms with Crippen molar-refractivity contribution in [2.75, 3.05) is 33.2 Å². The molecule has 0 aromatic heterocycles. The lowest BCUT2D eigenvalue weighted by atomic mass is 10.0. The highest BCUT2D eigenvalue weighted by Gasteiger charge is 2.23. The lowest BCUT2D eigenvalue weighted by Gasteiger charge is -2.37. The molecule has 0 amide bonds. The summed E-state index contributed by atoms with van der Waals surface area (Å²) in [5.41, 5.74) is 4.31. The summed E-state index contributed by atoms with van der Waals surface area (Å²) in [6.45, 7) is 10.8. The topological polar surface area (TPSA) is 12.0 Å². The number of aryl methyl sites for hydroxylation is 2. The van der Waals surface area contributed by atoms with Crippen LogP contribution in [-0.2, 0) is 6.54 Å². The molecule has 0 saturated carbocycles. The van der Waals surface area contributed by atoms with Crippen molar-refractivity contribution < 1.29 is 4.48 Å². The third-order valence-electron chi connectivity index (χ3n) is 5.64. The van der Waals surface area contributed by atoms with Gasteiger partial charge in [-0.05, 0) is 75.6 Å². The van der Waals surface area contributed by atoms with E-state index in [2.05, 4.69) is 44.4 Å². The number of hydrogen-bond acceptors (Lipinski definition) is 1. The van der Waals surface area contributed by atoms with Gasteiger partial charge in [0.2, 0.25) is 0 Å². The van der Waals surface area contributed by atoms with Gasteiger partial charge in [0.25, 0.3) is 0 Å². The molecule has 1 heterocycles. The Balaban J connectivity index is 1.51. The van der Waals surface area contributed by atoms with Crippen LogP contribution in [0.4, 0.5) is 0 Å². The maximum Gasteiger partial charge on any atom is 0.0784 e. The third-order valence-corrected chi connectivity index (χ3v) is 5.64. The molecule has 1 aliphatic rings. The van der Waals surface area contributed by atoms with Crippen molar-refractivity contribution in [3.8, 4) is 0 Å². The third kappa shape index (κ3) is 6.27. The van der Waals surface area contributed by atoms with E-state index in [0.717, 1.165) is 13.1 Å². The summed E-state index contributed by atoms with van der Waals surface area (Å²) in [7, 11) is 2.46. The van der Waals surface area contributed by atoms with E-state index < -0.39 is 0 Å². The number of hydrogen-bond donors (Lipinski definition) is 1. The van der Waals surface area contributed by atoms with Crippen LogP contribution in [0.1, 0.15) is 61.6 Å². The molecule has 1 aromatic carbocycles. The Kier molecular flexibility index (Phi) is 7.58. The van der Waals surface area contributed by atoms with Gasteiger partial charge in [0, 0.05) is 6.54 Å². The Morgan fingerprint density at radius 3 is 2.26 bits per heavy atom. The average Bonchev–Trinajstić information content (AvgIpc) is 2.53. The lowest BCUT2D eigenvalue weighted by molar-refractivity contribution is -0.914. The van der Waals surface area contributed by atoms with Gasteiger partial charge < -0.3 is 9.80 Å². The second kappa shape index (κ2) is 9.44. The summed E-state index contributed by atoms with van der Waals surface area (Å²) < 4.78 is 1.34. The van der Waals surface area contributed by atoms with Crippen LogP contribution in [0.2, 0.25) is 0 Å². The van der Waals surface area contributed by atoms with Crippen LogP contribution in [0.25, 0.3) is 0 Å². The second-order valence-electron chi connectivity index (χ2n) is 7.81. The Morgan fingerprint density at radius 1 is 0.913 bits per heavy atom. The highest BCUT2D eigenvalue weighted by Crippen LogP contribution is 2.17. The molecule has 0 aliphatic carbocycles. The largest absolute Gasteiger partial charge is 0.326 e. The summed E-state index contributed by atoms with van der Waals surface area (Å²) in [6, 6.07) is 6.59. The minimum Gasteiger partial charge on any atom is -0.326 e. The fourth-order valence-electron chi connectivity index (χ4n) is 3.94. The number of nitrogens with zero attached hydrogens (tertiary/aromatic N) is 1. The van der Waals surface area contributed by atoms with Crippen LogP contribution in [0.3, 0.4) is 0 Å². The molecule has 1 saturated heterocycles. The fourth-order valence-corrected chi connectivity index (χ4v) is 3.94. The summed E-state index contributed by atoms with van der Waals surface area (Å²) in [5.74, 6) is 0. The van der Waals surface area contributed by atoms with E-state index in [-0.39, 0.29) is 0 Å². The quantitative estimate of drug-likeness (QED) is 0.519. The standard InChI is InChI=1S/C21H37N2/c1-19-12-11-13-20(2)21(19)18-22-14-7-4-5-8-15-23(3)16-9-6-10-17-23/h11-13,22H,4-10,14-18H2,1-3H3/q+1. The van der Waals surface area contributed by atoms with E-state index in [1.54, 1.807) is 0 Å². The Hall–Kier alpha value is -0.860. The molecule has 0 unspecified atom stereocenters. The van der Waals surface area contributed by atoms with Crippen LogP contribution in [0.15, 0.2) is 18.2 Å². The molecule has 23 heavy (non-hydrogen) atoms. The summed E-state index contributed by atoms with van der Waals surface area (Å²) in [6.07, 6.45) is 9.85. The Bertz CT molecular complexity index is 441. The van der Waals surface area contributed by atoms with Gasteiger partial charge in [-0.1, -0.05) is 24.6 Å². The molecule has 2 heteroatoms. The van der Waals surface area contributed by atoms with Gasteiger partial charge in [-0.25, -0.2) is 0 Å². The first-order valence-corrected chi connectivity index (χ1v) is 9.70. The first-order chi connectivity index (χ1) is 11.1. The zero-order valence-corrected chi connectivity index (χ0v) is 15.7. The SMILES string of the molecule is Cc1cccc(C)c1CNCCCCCC[N+]1(C)CCCCC1. The van der Waals surface area contributed by atoms with Crippen molar-refractivity contribution in [2.45, 2.75) is 65.3 Å². The number of piperidine rings is 1.